The van der Waals surface area contributed by atoms with Gasteiger partial charge in [0.05, 0.1) is 11.6 Å². The zero-order chi connectivity index (χ0) is 9.64. The molecule has 2 nitrogen and oxygen atoms in total. The molecule has 0 bridgehead atoms. The maximum absolute atomic E-state index is 13.0. The highest BCUT2D eigenvalue weighted by molar-refractivity contribution is 5.13. The highest BCUT2D eigenvalue weighted by atomic mass is 19.3. The van der Waals surface area contributed by atoms with Crippen LogP contribution in [0.1, 0.15) is 19.3 Å². The molecule has 6 heteroatoms. The lowest BCUT2D eigenvalue weighted by Gasteiger charge is -2.19. The van der Waals surface area contributed by atoms with Gasteiger partial charge in [0.15, 0.2) is 0 Å². The predicted octanol–water partition coefficient (Wildman–Crippen LogP) is 2.56. The highest BCUT2D eigenvalue weighted by Crippen LogP contribution is 2.48. The van der Waals surface area contributed by atoms with E-state index in [0.717, 1.165) is 0 Å². The van der Waals surface area contributed by atoms with Gasteiger partial charge in [0.2, 0.25) is 0 Å². The van der Waals surface area contributed by atoms with Crippen LogP contribution in [0, 0.1) is 5.92 Å². The first-order valence-corrected chi connectivity index (χ1v) is 4.05. The number of alkyl halides is 2. The van der Waals surface area contributed by atoms with Crippen LogP contribution in [0.25, 0.3) is 0 Å². The van der Waals surface area contributed by atoms with E-state index in [2.05, 4.69) is 0 Å². The third-order valence-corrected chi connectivity index (χ3v) is 2.44. The Kier molecular flexibility index (Phi) is 1.76. The molecule has 1 saturated heterocycles. The number of hydrogen-bond acceptors (Lipinski definition) is 2. The third kappa shape index (κ3) is 1.04. The SMILES string of the molecule is FN1C2=CCCCC2C(F)(F)N1F. The van der Waals surface area contributed by atoms with Crippen LogP contribution in [0.4, 0.5) is 17.7 Å². The van der Waals surface area contributed by atoms with Gasteiger partial charge in [-0.25, -0.2) is 0 Å². The minimum atomic E-state index is -3.74. The maximum atomic E-state index is 13.0. The van der Waals surface area contributed by atoms with Crippen LogP contribution in [0.3, 0.4) is 0 Å². The van der Waals surface area contributed by atoms with Crippen LogP contribution in [-0.2, 0) is 0 Å². The predicted molar refractivity (Wildman–Crippen MR) is 36.3 cm³/mol. The molecule has 0 aromatic carbocycles. The summed E-state index contributed by atoms with van der Waals surface area (Å²) in [6, 6.07) is -3.74. The lowest BCUT2D eigenvalue weighted by molar-refractivity contribution is -0.344. The molecule has 2 aliphatic rings. The average molecular weight is 196 g/mol. The minimum Gasteiger partial charge on any atom is -0.183 e. The quantitative estimate of drug-likeness (QED) is 0.333. The fraction of sp³-hybridized carbons (Fsp3) is 0.714. The van der Waals surface area contributed by atoms with E-state index in [4.69, 9.17) is 0 Å². The van der Waals surface area contributed by atoms with Crippen molar-refractivity contribution in [1.29, 1.82) is 0 Å². The Morgan fingerprint density at radius 3 is 2.69 bits per heavy atom. The normalized spacial score (nSPS) is 33.1. The van der Waals surface area contributed by atoms with Gasteiger partial charge in [-0.1, -0.05) is 10.6 Å². The summed E-state index contributed by atoms with van der Waals surface area (Å²) in [7, 11) is 0. The minimum absolute atomic E-state index is 0.125. The van der Waals surface area contributed by atoms with Gasteiger partial charge in [-0.15, -0.1) is 9.71 Å². The van der Waals surface area contributed by atoms with Gasteiger partial charge in [0.25, 0.3) is 0 Å². The van der Waals surface area contributed by atoms with Crippen LogP contribution in [0.2, 0.25) is 0 Å². The van der Waals surface area contributed by atoms with Gasteiger partial charge in [0, 0.05) is 5.23 Å². The van der Waals surface area contributed by atoms with Crippen molar-refractivity contribution in [3.63, 3.8) is 0 Å². The number of hydrogen-bond donors (Lipinski definition) is 0. The summed E-state index contributed by atoms with van der Waals surface area (Å²) < 4.78 is 51.3. The van der Waals surface area contributed by atoms with E-state index in [1.54, 1.807) is 0 Å². The van der Waals surface area contributed by atoms with Crippen LogP contribution in [0.5, 0.6) is 0 Å². The van der Waals surface area contributed by atoms with Gasteiger partial charge in [-0.05, 0) is 19.3 Å². The van der Waals surface area contributed by atoms with Gasteiger partial charge >= 0.3 is 6.05 Å². The summed E-state index contributed by atoms with van der Waals surface area (Å²) in [5, 5.41) is -1.72. The molecule has 0 aromatic heterocycles. The summed E-state index contributed by atoms with van der Waals surface area (Å²) in [6.07, 6.45) is 2.52. The molecule has 1 aliphatic carbocycles. The molecule has 1 aliphatic heterocycles. The summed E-state index contributed by atoms with van der Waals surface area (Å²) in [6.45, 7) is 0. The zero-order valence-corrected chi connectivity index (χ0v) is 6.68. The van der Waals surface area contributed by atoms with Crippen molar-refractivity contribution in [3.05, 3.63) is 11.8 Å². The molecule has 1 fully saturated rings. The lowest BCUT2D eigenvalue weighted by atomic mass is 9.92. The number of hydrazine groups is 1. The van der Waals surface area contributed by atoms with Crippen molar-refractivity contribution in [3.8, 4) is 0 Å². The van der Waals surface area contributed by atoms with Crippen LogP contribution < -0.4 is 0 Å². The molecule has 0 amide bonds. The molecule has 0 aromatic rings. The van der Waals surface area contributed by atoms with E-state index in [0.29, 0.717) is 12.8 Å². The monoisotopic (exact) mass is 196 g/mol. The Bertz CT molecular complexity index is 253. The molecule has 1 heterocycles. The van der Waals surface area contributed by atoms with Gasteiger partial charge in [-0.3, -0.25) is 0 Å². The summed E-state index contributed by atoms with van der Waals surface area (Å²) in [5.41, 5.74) is -0.251. The first-order valence-electron chi connectivity index (χ1n) is 4.05. The smallest absolute Gasteiger partial charge is 0.183 e. The Morgan fingerprint density at radius 1 is 1.38 bits per heavy atom. The second-order valence-corrected chi connectivity index (χ2v) is 3.22. The van der Waals surface area contributed by atoms with Crippen molar-refractivity contribution in [2.24, 2.45) is 5.92 Å². The first-order chi connectivity index (χ1) is 6.05. The fourth-order valence-electron chi connectivity index (χ4n) is 1.76. The maximum Gasteiger partial charge on any atom is 0.358 e. The van der Waals surface area contributed by atoms with Gasteiger partial charge in [-0.2, -0.15) is 8.78 Å². The van der Waals surface area contributed by atoms with Crippen LogP contribution >= 0.6 is 0 Å². The van der Waals surface area contributed by atoms with Gasteiger partial charge in [0.1, 0.15) is 0 Å². The summed E-state index contributed by atoms with van der Waals surface area (Å²) in [5.74, 6) is -1.34. The van der Waals surface area contributed by atoms with Crippen molar-refractivity contribution >= 4 is 0 Å². The topological polar surface area (TPSA) is 6.48 Å². The van der Waals surface area contributed by atoms with Crippen LogP contribution in [-0.4, -0.2) is 16.5 Å². The molecule has 2 rings (SSSR count). The number of fused-ring (bicyclic) bond motifs is 1. The van der Waals surface area contributed by atoms with Crippen molar-refractivity contribution in [2.45, 2.75) is 25.3 Å². The molecule has 1 unspecified atom stereocenters. The molecular formula is C7H8F4N2. The molecule has 0 spiro atoms. The van der Waals surface area contributed by atoms with Crippen molar-refractivity contribution in [2.75, 3.05) is 0 Å². The summed E-state index contributed by atoms with van der Waals surface area (Å²) in [4.78, 5) is 0. The Morgan fingerprint density at radius 2 is 2.08 bits per heavy atom. The largest absolute Gasteiger partial charge is 0.358 e. The lowest BCUT2D eigenvalue weighted by Crippen LogP contribution is -2.37. The third-order valence-electron chi connectivity index (χ3n) is 2.44. The van der Waals surface area contributed by atoms with Crippen molar-refractivity contribution < 1.29 is 17.7 Å². The number of halogens is 4. The van der Waals surface area contributed by atoms with E-state index >= 15 is 0 Å². The van der Waals surface area contributed by atoms with E-state index in [9.17, 15) is 17.7 Å². The molecule has 0 N–H and O–H groups in total. The Hall–Kier alpha value is -0.780. The van der Waals surface area contributed by atoms with E-state index < -0.39 is 22.4 Å². The Balaban J connectivity index is 2.37. The summed E-state index contributed by atoms with van der Waals surface area (Å²) >= 11 is 0. The second kappa shape index (κ2) is 2.60. The number of nitrogens with zero attached hydrogens (tertiary/aromatic N) is 2. The molecule has 0 saturated carbocycles. The second-order valence-electron chi connectivity index (χ2n) is 3.22. The number of rotatable bonds is 0. The van der Waals surface area contributed by atoms with E-state index in [1.807, 2.05) is 0 Å². The molecule has 0 radical (unpaired) electrons. The average Bonchev–Trinajstić information content (AvgIpc) is 2.30. The first kappa shape index (κ1) is 8.80. The molecule has 74 valence electrons. The zero-order valence-electron chi connectivity index (χ0n) is 6.68. The fourth-order valence-corrected chi connectivity index (χ4v) is 1.76. The molecule has 13 heavy (non-hydrogen) atoms. The van der Waals surface area contributed by atoms with Crippen molar-refractivity contribution in [1.82, 2.24) is 10.5 Å². The highest BCUT2D eigenvalue weighted by Gasteiger charge is 2.60. The molecular weight excluding hydrogens is 188 g/mol. The number of allylic oxidation sites excluding steroid dienone is 1. The Labute approximate surface area is 72.3 Å². The van der Waals surface area contributed by atoms with Gasteiger partial charge < -0.3 is 0 Å². The van der Waals surface area contributed by atoms with Crippen LogP contribution in [0.15, 0.2) is 11.8 Å². The molecule has 1 atom stereocenters. The standard InChI is InChI=1S/C7H8F4N2/c8-7(9)5-3-1-2-4-6(5)12(10)13(7)11/h4-5H,1-3H2. The van der Waals surface area contributed by atoms with E-state index in [-0.39, 0.29) is 12.1 Å². The van der Waals surface area contributed by atoms with E-state index in [1.165, 1.54) is 6.08 Å².